The summed E-state index contributed by atoms with van der Waals surface area (Å²) in [7, 11) is -3.56. The average Bonchev–Trinajstić information content (AvgIpc) is 2.47. The maximum atomic E-state index is 12.7. The summed E-state index contributed by atoms with van der Waals surface area (Å²) < 4.78 is 26.6. The van der Waals surface area contributed by atoms with Gasteiger partial charge in [-0.3, -0.25) is 4.79 Å². The van der Waals surface area contributed by atoms with Crippen LogP contribution in [-0.2, 0) is 10.0 Å². The van der Waals surface area contributed by atoms with E-state index >= 15 is 0 Å². The summed E-state index contributed by atoms with van der Waals surface area (Å²) in [5.74, 6) is -0.147. The van der Waals surface area contributed by atoms with E-state index in [1.54, 1.807) is 36.9 Å². The molecule has 1 aromatic rings. The van der Waals surface area contributed by atoms with Gasteiger partial charge < -0.3 is 4.90 Å². The van der Waals surface area contributed by atoms with E-state index in [2.05, 4.69) is 0 Å². The minimum atomic E-state index is -3.56. The van der Waals surface area contributed by atoms with Crippen LogP contribution in [0.15, 0.2) is 29.2 Å². The van der Waals surface area contributed by atoms with Crippen LogP contribution < -0.4 is 0 Å². The van der Waals surface area contributed by atoms with E-state index < -0.39 is 10.0 Å². The van der Waals surface area contributed by atoms with E-state index in [4.69, 9.17) is 0 Å². The van der Waals surface area contributed by atoms with Gasteiger partial charge in [-0.15, -0.1) is 0 Å². The van der Waals surface area contributed by atoms with Gasteiger partial charge in [0.15, 0.2) is 0 Å². The first kappa shape index (κ1) is 19.6. The van der Waals surface area contributed by atoms with Crippen LogP contribution in [0, 0.1) is 0 Å². The fraction of sp³-hybridized carbons (Fsp3) is 0.588. The molecule has 1 amide bonds. The monoisotopic (exact) mass is 340 g/mol. The third-order valence-corrected chi connectivity index (χ3v) is 5.82. The molecule has 23 heavy (non-hydrogen) atoms. The Hall–Kier alpha value is -1.40. The van der Waals surface area contributed by atoms with Gasteiger partial charge in [0.05, 0.1) is 4.90 Å². The molecule has 1 aromatic carbocycles. The van der Waals surface area contributed by atoms with Crippen molar-refractivity contribution in [2.45, 2.75) is 58.5 Å². The number of amides is 1. The first-order valence-corrected chi connectivity index (χ1v) is 9.53. The van der Waals surface area contributed by atoms with Gasteiger partial charge in [0.2, 0.25) is 10.0 Å². The lowest BCUT2D eigenvalue weighted by Gasteiger charge is -2.31. The number of sulfonamides is 1. The van der Waals surface area contributed by atoms with Crippen molar-refractivity contribution in [1.82, 2.24) is 9.21 Å². The first-order valence-electron chi connectivity index (χ1n) is 8.09. The van der Waals surface area contributed by atoms with E-state index in [1.807, 2.05) is 27.7 Å². The molecule has 6 heteroatoms. The maximum Gasteiger partial charge on any atom is 0.254 e. The zero-order chi connectivity index (χ0) is 17.8. The minimum Gasteiger partial charge on any atom is -0.334 e. The smallest absolute Gasteiger partial charge is 0.254 e. The summed E-state index contributed by atoms with van der Waals surface area (Å²) in [5, 5.41) is 0. The lowest BCUT2D eigenvalue weighted by atomic mass is 10.1. The van der Waals surface area contributed by atoms with Gasteiger partial charge >= 0.3 is 0 Å². The van der Waals surface area contributed by atoms with Gasteiger partial charge in [-0.05, 0) is 45.9 Å². The first-order chi connectivity index (χ1) is 10.7. The topological polar surface area (TPSA) is 57.7 Å². The number of rotatable bonds is 7. The van der Waals surface area contributed by atoms with Crippen LogP contribution in [0.25, 0.3) is 0 Å². The van der Waals surface area contributed by atoms with Crippen LogP contribution in [0.1, 0.15) is 51.9 Å². The van der Waals surface area contributed by atoms with Gasteiger partial charge in [0.25, 0.3) is 5.91 Å². The Morgan fingerprint density at radius 2 is 1.57 bits per heavy atom. The molecular formula is C17H28N2O3S. The Labute approximate surface area is 140 Å². The quantitative estimate of drug-likeness (QED) is 0.767. The van der Waals surface area contributed by atoms with Crippen molar-refractivity contribution in [3.8, 4) is 0 Å². The third kappa shape index (κ3) is 4.32. The molecule has 5 nitrogen and oxygen atoms in total. The lowest BCUT2D eigenvalue weighted by molar-refractivity contribution is 0.0643. The zero-order valence-electron chi connectivity index (χ0n) is 14.9. The molecule has 0 spiro atoms. The Bertz CT molecular complexity index is 627. The summed E-state index contributed by atoms with van der Waals surface area (Å²) in [6.45, 7) is 12.2. The van der Waals surface area contributed by atoms with Gasteiger partial charge in [-0.2, -0.15) is 4.31 Å². The normalized spacial score (nSPS) is 12.2. The fourth-order valence-electron chi connectivity index (χ4n) is 2.72. The number of nitrogens with zero attached hydrogens (tertiary/aromatic N) is 2. The van der Waals surface area contributed by atoms with E-state index in [-0.39, 0.29) is 22.9 Å². The molecular weight excluding hydrogens is 312 g/mol. The summed E-state index contributed by atoms with van der Waals surface area (Å²) in [6.07, 6.45) is 0. The van der Waals surface area contributed by atoms with Crippen molar-refractivity contribution in [3.05, 3.63) is 29.8 Å². The SMILES string of the molecule is CCN(CC)S(=O)(=O)c1cccc(C(=O)N(C(C)C)C(C)C)c1. The second kappa shape index (κ2) is 7.93. The van der Waals surface area contributed by atoms with Crippen LogP contribution in [0.5, 0.6) is 0 Å². The average molecular weight is 340 g/mol. The molecule has 0 N–H and O–H groups in total. The van der Waals surface area contributed by atoms with E-state index in [0.29, 0.717) is 18.7 Å². The second-order valence-electron chi connectivity index (χ2n) is 6.02. The molecule has 130 valence electrons. The number of hydrogen-bond donors (Lipinski definition) is 0. The molecule has 0 aliphatic carbocycles. The Balaban J connectivity index is 3.27. The molecule has 0 aromatic heterocycles. The van der Waals surface area contributed by atoms with Gasteiger partial charge in [-0.25, -0.2) is 8.42 Å². The third-order valence-electron chi connectivity index (χ3n) is 3.77. The second-order valence-corrected chi connectivity index (χ2v) is 7.96. The van der Waals surface area contributed by atoms with Crippen molar-refractivity contribution in [1.29, 1.82) is 0 Å². The number of carbonyl (C=O) groups excluding carboxylic acids is 1. The predicted octanol–water partition coefficient (Wildman–Crippen LogP) is 2.98. The molecule has 0 fully saturated rings. The molecule has 0 aliphatic heterocycles. The minimum absolute atomic E-state index is 0.0468. The lowest BCUT2D eigenvalue weighted by Crippen LogP contribution is -2.42. The number of benzene rings is 1. The van der Waals surface area contributed by atoms with E-state index in [9.17, 15) is 13.2 Å². The van der Waals surface area contributed by atoms with Crippen molar-refractivity contribution in [2.75, 3.05) is 13.1 Å². The van der Waals surface area contributed by atoms with E-state index in [1.165, 1.54) is 10.4 Å². The van der Waals surface area contributed by atoms with Gasteiger partial charge in [0, 0.05) is 30.7 Å². The highest BCUT2D eigenvalue weighted by Crippen LogP contribution is 2.19. The van der Waals surface area contributed by atoms with Crippen molar-refractivity contribution < 1.29 is 13.2 Å². The molecule has 0 bridgehead atoms. The fourth-order valence-corrected chi connectivity index (χ4v) is 4.22. The van der Waals surface area contributed by atoms with Gasteiger partial charge in [-0.1, -0.05) is 19.9 Å². The van der Waals surface area contributed by atoms with Crippen LogP contribution in [0.2, 0.25) is 0 Å². The molecule has 0 aliphatic rings. The van der Waals surface area contributed by atoms with Crippen LogP contribution in [-0.4, -0.2) is 48.7 Å². The standard InChI is InChI=1S/C17H28N2O3S/c1-7-18(8-2)23(21,22)16-11-9-10-15(12-16)17(20)19(13(3)4)14(5)6/h9-14H,7-8H2,1-6H3. The predicted molar refractivity (Wildman–Crippen MR) is 93.0 cm³/mol. The Kier molecular flexibility index (Phi) is 6.77. The maximum absolute atomic E-state index is 12.7. The zero-order valence-corrected chi connectivity index (χ0v) is 15.7. The highest BCUT2D eigenvalue weighted by Gasteiger charge is 2.25. The molecule has 0 radical (unpaired) electrons. The molecule has 0 heterocycles. The highest BCUT2D eigenvalue weighted by atomic mass is 32.2. The molecule has 0 atom stereocenters. The number of hydrogen-bond acceptors (Lipinski definition) is 3. The largest absolute Gasteiger partial charge is 0.334 e. The summed E-state index contributed by atoms with van der Waals surface area (Å²) in [6, 6.07) is 6.41. The molecule has 0 saturated carbocycles. The number of carbonyl (C=O) groups is 1. The van der Waals surface area contributed by atoms with Crippen molar-refractivity contribution in [2.24, 2.45) is 0 Å². The van der Waals surface area contributed by atoms with Crippen molar-refractivity contribution in [3.63, 3.8) is 0 Å². The van der Waals surface area contributed by atoms with E-state index in [0.717, 1.165) is 0 Å². The summed E-state index contributed by atoms with van der Waals surface area (Å²) in [5.41, 5.74) is 0.403. The van der Waals surface area contributed by atoms with Crippen LogP contribution in [0.3, 0.4) is 0 Å². The Morgan fingerprint density at radius 3 is 2.00 bits per heavy atom. The summed E-state index contributed by atoms with van der Waals surface area (Å²) >= 11 is 0. The van der Waals surface area contributed by atoms with Crippen LogP contribution >= 0.6 is 0 Å². The molecule has 0 unspecified atom stereocenters. The van der Waals surface area contributed by atoms with Crippen LogP contribution in [0.4, 0.5) is 0 Å². The van der Waals surface area contributed by atoms with Gasteiger partial charge in [0.1, 0.15) is 0 Å². The van der Waals surface area contributed by atoms with Crippen molar-refractivity contribution >= 4 is 15.9 Å². The summed E-state index contributed by atoms with van der Waals surface area (Å²) in [4.78, 5) is 14.7. The molecule has 1 rings (SSSR count). The Morgan fingerprint density at radius 1 is 1.04 bits per heavy atom. The highest BCUT2D eigenvalue weighted by molar-refractivity contribution is 7.89. The molecule has 0 saturated heterocycles.